The van der Waals surface area contributed by atoms with Crippen LogP contribution in [0.2, 0.25) is 0 Å². The van der Waals surface area contributed by atoms with Crippen LogP contribution in [0, 0.1) is 5.92 Å². The van der Waals surface area contributed by atoms with Crippen molar-refractivity contribution >= 4 is 11.9 Å². The average Bonchev–Trinajstić information content (AvgIpc) is 2.45. The number of nitrogens with one attached hydrogen (secondary N) is 2. The molecule has 5 nitrogen and oxygen atoms in total. The Bertz CT molecular complexity index is 540. The van der Waals surface area contributed by atoms with Crippen molar-refractivity contribution in [3.05, 3.63) is 34.9 Å². The predicted molar refractivity (Wildman–Crippen MR) is 80.2 cm³/mol. The molecule has 0 fully saturated rings. The van der Waals surface area contributed by atoms with Gasteiger partial charge in [0.15, 0.2) is 0 Å². The number of hydrogen-bond acceptors (Lipinski definition) is 3. The highest BCUT2D eigenvalue weighted by Gasteiger charge is 2.22. The van der Waals surface area contributed by atoms with Crippen LogP contribution in [0.5, 0.6) is 0 Å². The number of carboxylic acids is 1. The summed E-state index contributed by atoms with van der Waals surface area (Å²) in [6.45, 7) is 5.58. The van der Waals surface area contributed by atoms with E-state index in [-0.39, 0.29) is 11.8 Å². The summed E-state index contributed by atoms with van der Waals surface area (Å²) in [5.74, 6) is -1.10. The maximum atomic E-state index is 12.2. The van der Waals surface area contributed by atoms with Crippen molar-refractivity contribution < 1.29 is 14.7 Å². The molecule has 0 aromatic heterocycles. The largest absolute Gasteiger partial charge is 0.480 e. The molecule has 1 amide bonds. The Morgan fingerprint density at radius 1 is 1.33 bits per heavy atom. The van der Waals surface area contributed by atoms with Crippen LogP contribution in [0.4, 0.5) is 0 Å². The van der Waals surface area contributed by atoms with Gasteiger partial charge >= 0.3 is 5.97 Å². The second-order valence-corrected chi connectivity index (χ2v) is 5.90. The number of carbonyl (C=O) groups is 2. The van der Waals surface area contributed by atoms with Crippen molar-refractivity contribution in [2.75, 3.05) is 6.54 Å². The van der Waals surface area contributed by atoms with Gasteiger partial charge in [-0.15, -0.1) is 0 Å². The molecule has 1 aliphatic rings. The molecule has 0 bridgehead atoms. The van der Waals surface area contributed by atoms with Crippen LogP contribution in [0.15, 0.2) is 18.2 Å². The third-order valence-corrected chi connectivity index (χ3v) is 3.67. The van der Waals surface area contributed by atoms with Crippen LogP contribution in [0.25, 0.3) is 0 Å². The summed E-state index contributed by atoms with van der Waals surface area (Å²) in [4.78, 5) is 23.4. The highest BCUT2D eigenvalue weighted by molar-refractivity contribution is 5.96. The second-order valence-electron chi connectivity index (χ2n) is 5.90. The molecule has 1 aliphatic heterocycles. The molecule has 0 unspecified atom stereocenters. The zero-order chi connectivity index (χ0) is 15.4. The molecule has 2 rings (SSSR count). The minimum atomic E-state index is -0.989. The average molecular weight is 290 g/mol. The Balaban J connectivity index is 2.10. The first-order valence-corrected chi connectivity index (χ1v) is 7.33. The van der Waals surface area contributed by atoms with Crippen molar-refractivity contribution in [1.82, 2.24) is 10.6 Å². The molecule has 0 saturated heterocycles. The molecular formula is C16H22N2O3. The van der Waals surface area contributed by atoms with Gasteiger partial charge in [-0.25, -0.2) is 4.79 Å². The van der Waals surface area contributed by atoms with E-state index in [1.165, 1.54) is 5.56 Å². The Labute approximate surface area is 124 Å². The predicted octanol–water partition coefficient (Wildman–Crippen LogP) is 1.56. The van der Waals surface area contributed by atoms with Gasteiger partial charge in [-0.3, -0.25) is 4.79 Å². The van der Waals surface area contributed by atoms with Gasteiger partial charge in [0.2, 0.25) is 0 Å². The van der Waals surface area contributed by atoms with Crippen LogP contribution in [-0.2, 0) is 17.8 Å². The lowest BCUT2D eigenvalue weighted by atomic mass is 9.98. The van der Waals surface area contributed by atoms with E-state index in [9.17, 15) is 14.7 Å². The molecule has 0 radical (unpaired) electrons. The van der Waals surface area contributed by atoms with E-state index in [2.05, 4.69) is 10.6 Å². The van der Waals surface area contributed by atoms with Crippen molar-refractivity contribution in [3.8, 4) is 0 Å². The Kier molecular flexibility index (Phi) is 4.96. The third-order valence-electron chi connectivity index (χ3n) is 3.67. The van der Waals surface area contributed by atoms with E-state index in [1.807, 2.05) is 26.0 Å². The van der Waals surface area contributed by atoms with Gasteiger partial charge < -0.3 is 15.7 Å². The van der Waals surface area contributed by atoms with Gasteiger partial charge in [0, 0.05) is 12.1 Å². The first kappa shape index (κ1) is 15.5. The second kappa shape index (κ2) is 6.72. The van der Waals surface area contributed by atoms with E-state index >= 15 is 0 Å². The van der Waals surface area contributed by atoms with Gasteiger partial charge in [0.05, 0.1) is 0 Å². The van der Waals surface area contributed by atoms with E-state index in [1.54, 1.807) is 6.07 Å². The number of carbonyl (C=O) groups excluding carboxylic acids is 1. The lowest BCUT2D eigenvalue weighted by Crippen LogP contribution is -2.41. The summed E-state index contributed by atoms with van der Waals surface area (Å²) < 4.78 is 0. The monoisotopic (exact) mass is 290 g/mol. The van der Waals surface area contributed by atoms with Crippen molar-refractivity contribution in [2.24, 2.45) is 5.92 Å². The first-order chi connectivity index (χ1) is 9.97. The lowest BCUT2D eigenvalue weighted by Gasteiger charge is -2.19. The molecule has 0 saturated carbocycles. The lowest BCUT2D eigenvalue weighted by molar-refractivity contribution is -0.139. The molecule has 1 aromatic carbocycles. The summed E-state index contributed by atoms with van der Waals surface area (Å²) in [5, 5.41) is 15.1. The van der Waals surface area contributed by atoms with Gasteiger partial charge in [-0.2, -0.15) is 0 Å². The zero-order valence-electron chi connectivity index (χ0n) is 12.5. The molecule has 1 atom stereocenters. The van der Waals surface area contributed by atoms with Crippen LogP contribution in [0.1, 0.15) is 41.8 Å². The summed E-state index contributed by atoms with van der Waals surface area (Å²) >= 11 is 0. The van der Waals surface area contributed by atoms with Crippen molar-refractivity contribution in [1.29, 1.82) is 0 Å². The highest BCUT2D eigenvalue weighted by atomic mass is 16.4. The molecule has 5 heteroatoms. The number of rotatable bonds is 5. The van der Waals surface area contributed by atoms with Gasteiger partial charge in [-0.1, -0.05) is 19.9 Å². The Morgan fingerprint density at radius 2 is 2.10 bits per heavy atom. The topological polar surface area (TPSA) is 78.4 Å². The van der Waals surface area contributed by atoms with E-state index in [4.69, 9.17) is 0 Å². The minimum absolute atomic E-state index is 0.208. The third kappa shape index (κ3) is 4.04. The molecular weight excluding hydrogens is 268 g/mol. The smallest absolute Gasteiger partial charge is 0.326 e. The molecule has 3 N–H and O–H groups in total. The standard InChI is InChI=1S/C16H22N2O3/c1-10(2)7-14(16(20)21)18-15(19)12-4-3-11-5-6-17-9-13(11)8-12/h3-4,8,10,14,17H,5-7,9H2,1-2H3,(H,18,19)(H,20,21)/t14-/m0/s1. The van der Waals surface area contributed by atoms with Crippen LogP contribution in [0.3, 0.4) is 0 Å². The van der Waals surface area contributed by atoms with Crippen LogP contribution < -0.4 is 10.6 Å². The van der Waals surface area contributed by atoms with Crippen molar-refractivity contribution in [3.63, 3.8) is 0 Å². The molecule has 21 heavy (non-hydrogen) atoms. The van der Waals surface area contributed by atoms with E-state index < -0.39 is 12.0 Å². The molecule has 114 valence electrons. The Morgan fingerprint density at radius 3 is 2.76 bits per heavy atom. The maximum absolute atomic E-state index is 12.2. The first-order valence-electron chi connectivity index (χ1n) is 7.33. The SMILES string of the molecule is CC(C)C[C@H](NC(=O)c1ccc2c(c1)CNCC2)C(=O)O. The van der Waals surface area contributed by atoms with Crippen LogP contribution in [-0.4, -0.2) is 29.6 Å². The number of carboxylic acid groups (broad SMARTS) is 1. The van der Waals surface area contributed by atoms with E-state index in [0.717, 1.165) is 25.1 Å². The van der Waals surface area contributed by atoms with Gasteiger partial charge in [0.1, 0.15) is 6.04 Å². The zero-order valence-corrected chi connectivity index (χ0v) is 12.5. The van der Waals surface area contributed by atoms with E-state index in [0.29, 0.717) is 12.0 Å². The fraction of sp³-hybridized carbons (Fsp3) is 0.500. The summed E-state index contributed by atoms with van der Waals surface area (Å²) in [6.07, 6.45) is 1.38. The maximum Gasteiger partial charge on any atom is 0.326 e. The number of fused-ring (bicyclic) bond motifs is 1. The van der Waals surface area contributed by atoms with Gasteiger partial charge in [0.25, 0.3) is 5.91 Å². The minimum Gasteiger partial charge on any atom is -0.480 e. The fourth-order valence-electron chi connectivity index (χ4n) is 2.56. The summed E-state index contributed by atoms with van der Waals surface area (Å²) in [6, 6.07) is 4.74. The molecule has 1 aromatic rings. The van der Waals surface area contributed by atoms with Crippen LogP contribution >= 0.6 is 0 Å². The summed E-state index contributed by atoms with van der Waals surface area (Å²) in [5.41, 5.74) is 2.89. The molecule has 0 spiro atoms. The fourth-order valence-corrected chi connectivity index (χ4v) is 2.56. The number of benzene rings is 1. The Hall–Kier alpha value is -1.88. The molecule has 0 aliphatic carbocycles. The number of hydrogen-bond donors (Lipinski definition) is 3. The number of aliphatic carboxylic acids is 1. The normalized spacial score (nSPS) is 15.4. The summed E-state index contributed by atoms with van der Waals surface area (Å²) in [7, 11) is 0. The van der Waals surface area contributed by atoms with Crippen molar-refractivity contribution in [2.45, 2.75) is 39.3 Å². The quantitative estimate of drug-likeness (QED) is 0.769. The van der Waals surface area contributed by atoms with Gasteiger partial charge in [-0.05, 0) is 48.6 Å². The molecule has 1 heterocycles. The highest BCUT2D eigenvalue weighted by Crippen LogP contribution is 2.16. The number of amides is 1.